The first-order chi connectivity index (χ1) is 33.2. The molecule has 0 amide bonds. The lowest BCUT2D eigenvalue weighted by Crippen LogP contribution is -2.44. The molecule has 314 valence electrons. The number of anilines is 3. The van der Waals surface area contributed by atoms with Crippen LogP contribution in [0.15, 0.2) is 273 Å². The van der Waals surface area contributed by atoms with E-state index < -0.39 is 10.8 Å². The highest BCUT2D eigenvalue weighted by Crippen LogP contribution is 2.66. The molecular weight excluding hydrogens is 807 g/mol. The third-order valence-corrected chi connectivity index (χ3v) is 14.6. The zero-order valence-corrected chi connectivity index (χ0v) is 36.9. The lowest BCUT2D eigenvalue weighted by atomic mass is 9.51. The fourth-order valence-corrected chi connectivity index (χ4v) is 11.9. The average Bonchev–Trinajstić information content (AvgIpc) is 3.72. The summed E-state index contributed by atoms with van der Waals surface area (Å²) in [6.07, 6.45) is 0. The van der Waals surface area contributed by atoms with Crippen LogP contribution in [0.1, 0.15) is 44.5 Å². The molecule has 0 radical (unpaired) electrons. The van der Waals surface area contributed by atoms with Crippen molar-refractivity contribution in [1.82, 2.24) is 0 Å². The molecule has 1 heteroatoms. The summed E-state index contributed by atoms with van der Waals surface area (Å²) in [5.41, 5.74) is 19.9. The van der Waals surface area contributed by atoms with Crippen molar-refractivity contribution in [1.29, 1.82) is 0 Å². The molecule has 67 heavy (non-hydrogen) atoms. The van der Waals surface area contributed by atoms with Crippen molar-refractivity contribution >= 4 is 27.8 Å². The third kappa shape index (κ3) is 5.81. The molecule has 0 aromatic heterocycles. The summed E-state index contributed by atoms with van der Waals surface area (Å²) in [5.74, 6) is 0. The zero-order chi connectivity index (χ0) is 44.4. The Morgan fingerprint density at radius 2 is 0.716 bits per heavy atom. The summed E-state index contributed by atoms with van der Waals surface area (Å²) in [7, 11) is 0. The molecule has 0 aliphatic heterocycles. The van der Waals surface area contributed by atoms with Crippen molar-refractivity contribution in [2.75, 3.05) is 4.90 Å². The molecule has 0 saturated carbocycles. The summed E-state index contributed by atoms with van der Waals surface area (Å²) >= 11 is 0. The summed E-state index contributed by atoms with van der Waals surface area (Å²) in [5, 5.41) is 2.50. The van der Waals surface area contributed by atoms with E-state index in [0.717, 1.165) is 17.1 Å². The van der Waals surface area contributed by atoms with Gasteiger partial charge in [0.25, 0.3) is 0 Å². The number of benzene rings is 11. The van der Waals surface area contributed by atoms with E-state index in [0.29, 0.717) is 0 Å². The molecule has 2 unspecified atom stereocenters. The van der Waals surface area contributed by atoms with Crippen LogP contribution in [0.5, 0.6) is 0 Å². The summed E-state index contributed by atoms with van der Waals surface area (Å²) in [4.78, 5) is 2.43. The van der Waals surface area contributed by atoms with Gasteiger partial charge < -0.3 is 4.90 Å². The quantitative estimate of drug-likeness (QED) is 0.147. The normalized spacial score (nSPS) is 16.5. The van der Waals surface area contributed by atoms with Crippen molar-refractivity contribution in [2.24, 2.45) is 0 Å². The van der Waals surface area contributed by atoms with Crippen LogP contribution in [-0.2, 0) is 10.8 Å². The Morgan fingerprint density at radius 3 is 1.43 bits per heavy atom. The Bertz CT molecular complexity index is 3610. The molecule has 2 aliphatic rings. The highest BCUT2D eigenvalue weighted by atomic mass is 15.1. The van der Waals surface area contributed by atoms with Gasteiger partial charge in [0.2, 0.25) is 0 Å². The van der Waals surface area contributed by atoms with Crippen LogP contribution in [0.4, 0.5) is 17.1 Å². The first kappa shape index (κ1) is 38.9. The van der Waals surface area contributed by atoms with Crippen LogP contribution in [-0.4, -0.2) is 0 Å². The smallest absolute Gasteiger partial charge is 0.0720 e. The number of fused-ring (bicyclic) bond motifs is 6. The Morgan fingerprint density at radius 1 is 0.254 bits per heavy atom. The maximum Gasteiger partial charge on any atom is 0.0720 e. The topological polar surface area (TPSA) is 3.24 Å². The van der Waals surface area contributed by atoms with E-state index in [9.17, 15) is 0 Å². The minimum absolute atomic E-state index is 0.505. The molecule has 2 aliphatic carbocycles. The van der Waals surface area contributed by atoms with Gasteiger partial charge >= 0.3 is 0 Å². The van der Waals surface area contributed by atoms with Crippen molar-refractivity contribution in [3.8, 4) is 33.4 Å². The van der Waals surface area contributed by atoms with Crippen LogP contribution >= 0.6 is 0 Å². The Kier molecular flexibility index (Phi) is 9.05. The van der Waals surface area contributed by atoms with Gasteiger partial charge in [-0.25, -0.2) is 0 Å². The maximum atomic E-state index is 2.46. The molecule has 11 aromatic rings. The highest BCUT2D eigenvalue weighted by Gasteiger charge is 2.57. The number of nitrogens with zero attached hydrogens (tertiary/aromatic N) is 1. The van der Waals surface area contributed by atoms with Gasteiger partial charge in [-0.1, -0.05) is 237 Å². The fourth-order valence-electron chi connectivity index (χ4n) is 11.9. The molecule has 13 rings (SSSR count). The van der Waals surface area contributed by atoms with Crippen LogP contribution in [0.25, 0.3) is 44.2 Å². The number of hydrogen-bond acceptors (Lipinski definition) is 1. The van der Waals surface area contributed by atoms with Crippen LogP contribution in [0, 0.1) is 0 Å². The number of hydrogen-bond donors (Lipinski definition) is 0. The van der Waals surface area contributed by atoms with Gasteiger partial charge in [-0.2, -0.15) is 0 Å². The third-order valence-electron chi connectivity index (χ3n) is 14.6. The van der Waals surface area contributed by atoms with Crippen molar-refractivity contribution in [3.63, 3.8) is 0 Å². The Labute approximate surface area is 392 Å². The van der Waals surface area contributed by atoms with E-state index in [-0.39, 0.29) is 0 Å². The standard InChI is InChI=1S/C66H45N/c1-4-19-46(20-5-1)47-37-41-53(42-38-47)67(54-43-39-49(40-44-54)57-31-16-22-48-21-10-11-29-56(48)57)55-28-17-27-52(45-55)65(50-23-6-2-7-24-50)61-34-14-15-35-62(61)66(51-25-8-3-9-26-51)60-33-13-12-30-58(60)59-32-18-36-63(65)64(59)66/h1-45H. The van der Waals surface area contributed by atoms with Gasteiger partial charge in [0.15, 0.2) is 0 Å². The van der Waals surface area contributed by atoms with Gasteiger partial charge in [0.05, 0.1) is 10.8 Å². The minimum atomic E-state index is -0.666. The number of rotatable bonds is 8. The molecule has 0 spiro atoms. The zero-order valence-electron chi connectivity index (χ0n) is 36.9. The lowest BCUT2D eigenvalue weighted by Gasteiger charge is -2.49. The first-order valence-electron chi connectivity index (χ1n) is 23.3. The van der Waals surface area contributed by atoms with E-state index in [2.05, 4.69) is 278 Å². The van der Waals surface area contributed by atoms with Crippen LogP contribution in [0.2, 0.25) is 0 Å². The second-order valence-corrected chi connectivity index (χ2v) is 17.9. The molecular formula is C66H45N. The minimum Gasteiger partial charge on any atom is -0.310 e. The molecule has 0 fully saturated rings. The summed E-state index contributed by atoms with van der Waals surface area (Å²) in [6.45, 7) is 0. The highest BCUT2D eigenvalue weighted by molar-refractivity contribution is 5.97. The van der Waals surface area contributed by atoms with Crippen LogP contribution < -0.4 is 4.90 Å². The summed E-state index contributed by atoms with van der Waals surface area (Å²) < 4.78 is 0. The molecule has 2 atom stereocenters. The van der Waals surface area contributed by atoms with E-state index >= 15 is 0 Å². The fraction of sp³-hybridized carbons (Fsp3) is 0.0303. The van der Waals surface area contributed by atoms with Crippen molar-refractivity contribution in [2.45, 2.75) is 10.8 Å². The van der Waals surface area contributed by atoms with Gasteiger partial charge in [-0.3, -0.25) is 0 Å². The van der Waals surface area contributed by atoms with Gasteiger partial charge in [-0.15, -0.1) is 0 Å². The lowest BCUT2D eigenvalue weighted by molar-refractivity contribution is 0.627. The second-order valence-electron chi connectivity index (χ2n) is 17.9. The van der Waals surface area contributed by atoms with Crippen molar-refractivity contribution in [3.05, 3.63) is 317 Å². The van der Waals surface area contributed by atoms with Gasteiger partial charge in [0, 0.05) is 17.1 Å². The molecule has 0 bridgehead atoms. The monoisotopic (exact) mass is 851 g/mol. The predicted molar refractivity (Wildman–Crippen MR) is 279 cm³/mol. The largest absolute Gasteiger partial charge is 0.310 e. The van der Waals surface area contributed by atoms with E-state index in [1.54, 1.807) is 0 Å². The second kappa shape index (κ2) is 15.6. The average molecular weight is 852 g/mol. The molecule has 1 nitrogen and oxygen atoms in total. The first-order valence-corrected chi connectivity index (χ1v) is 23.3. The molecule has 0 saturated heterocycles. The predicted octanol–water partition coefficient (Wildman–Crippen LogP) is 16.7. The summed E-state index contributed by atoms with van der Waals surface area (Å²) in [6, 6.07) is 101. The van der Waals surface area contributed by atoms with Gasteiger partial charge in [-0.05, 0) is 125 Å². The van der Waals surface area contributed by atoms with Gasteiger partial charge in [0.1, 0.15) is 0 Å². The van der Waals surface area contributed by atoms with Crippen LogP contribution in [0.3, 0.4) is 0 Å². The molecule has 11 aromatic carbocycles. The SMILES string of the molecule is c1ccc(-c2ccc(N(c3ccc(-c4cccc5ccccc45)cc3)c3cccc(C4(c5ccccc5)c5ccccc5C5(c6ccccc6)c6ccccc6-c6cccc4c65)c3)cc2)cc1. The van der Waals surface area contributed by atoms with E-state index in [1.165, 1.54) is 88.7 Å². The molecule has 0 N–H and O–H groups in total. The Balaban J connectivity index is 1.05. The Hall–Kier alpha value is -8.52. The van der Waals surface area contributed by atoms with E-state index in [1.807, 2.05) is 0 Å². The molecule has 0 heterocycles. The van der Waals surface area contributed by atoms with Crippen molar-refractivity contribution < 1.29 is 0 Å². The maximum absolute atomic E-state index is 2.46. The van der Waals surface area contributed by atoms with E-state index in [4.69, 9.17) is 0 Å².